The Hall–Kier alpha value is -2.80. The number of nitrogens with zero attached hydrogens (tertiary/aromatic N) is 1. The van der Waals surface area contributed by atoms with E-state index in [1.165, 1.54) is 0 Å². The van der Waals surface area contributed by atoms with Crippen molar-refractivity contribution in [3.63, 3.8) is 0 Å². The molecule has 0 aliphatic carbocycles. The van der Waals surface area contributed by atoms with Gasteiger partial charge in [-0.2, -0.15) is 0 Å². The average molecular weight is 413 g/mol. The van der Waals surface area contributed by atoms with Crippen LogP contribution in [0.25, 0.3) is 11.1 Å². The van der Waals surface area contributed by atoms with Gasteiger partial charge in [-0.1, -0.05) is 55.9 Å². The van der Waals surface area contributed by atoms with Crippen molar-refractivity contribution >= 4 is 40.4 Å². The van der Waals surface area contributed by atoms with Gasteiger partial charge in [0.05, 0.1) is 0 Å². The summed E-state index contributed by atoms with van der Waals surface area (Å²) in [6.07, 6.45) is -0.911. The zero-order valence-corrected chi connectivity index (χ0v) is 17.7. The van der Waals surface area contributed by atoms with Crippen LogP contribution < -0.4 is 5.32 Å². The first kappa shape index (κ1) is 20.9. The Morgan fingerprint density at radius 2 is 1.90 bits per heavy atom. The van der Waals surface area contributed by atoms with Crippen LogP contribution in [-0.2, 0) is 14.3 Å². The molecule has 1 heterocycles. The van der Waals surface area contributed by atoms with Crippen molar-refractivity contribution in [2.24, 2.45) is 0 Å². The molecule has 1 aromatic heterocycles. The highest BCUT2D eigenvalue weighted by Gasteiger charge is 2.21. The molecule has 1 N–H and O–H groups in total. The van der Waals surface area contributed by atoms with Crippen molar-refractivity contribution in [2.75, 3.05) is 11.1 Å². The number of aryl methyl sites for hydroxylation is 1. The molecule has 0 radical (unpaired) electrons. The van der Waals surface area contributed by atoms with Gasteiger partial charge < -0.3 is 14.5 Å². The Morgan fingerprint density at radius 1 is 1.14 bits per heavy atom. The maximum Gasteiger partial charge on any atom is 0.317 e. The number of oxazole rings is 1. The van der Waals surface area contributed by atoms with Crippen LogP contribution in [-0.4, -0.2) is 28.7 Å². The van der Waals surface area contributed by atoms with E-state index in [-0.39, 0.29) is 17.6 Å². The van der Waals surface area contributed by atoms with E-state index in [4.69, 9.17) is 9.15 Å². The van der Waals surface area contributed by atoms with Gasteiger partial charge in [-0.15, -0.1) is 0 Å². The molecule has 1 amide bonds. The molecule has 29 heavy (non-hydrogen) atoms. The lowest BCUT2D eigenvalue weighted by molar-refractivity contribution is -0.150. The van der Waals surface area contributed by atoms with E-state index in [0.29, 0.717) is 10.8 Å². The fourth-order valence-electron chi connectivity index (χ4n) is 2.89. The number of amides is 1. The summed E-state index contributed by atoms with van der Waals surface area (Å²) in [5.74, 6) is -0.600. The number of aromatic nitrogens is 1. The minimum Gasteiger partial charge on any atom is -0.452 e. The summed E-state index contributed by atoms with van der Waals surface area (Å²) < 4.78 is 10.8. The summed E-state index contributed by atoms with van der Waals surface area (Å²) in [6.45, 7) is 7.63. The van der Waals surface area contributed by atoms with Gasteiger partial charge in [0.25, 0.3) is 11.1 Å². The Labute approximate surface area is 174 Å². The monoisotopic (exact) mass is 412 g/mol. The van der Waals surface area contributed by atoms with Gasteiger partial charge in [0.15, 0.2) is 11.7 Å². The molecule has 0 aliphatic heterocycles. The highest BCUT2D eigenvalue weighted by molar-refractivity contribution is 7.99. The number of esters is 1. The molecular weight excluding hydrogens is 388 g/mol. The van der Waals surface area contributed by atoms with E-state index >= 15 is 0 Å². The number of hydrogen-bond donors (Lipinski definition) is 1. The number of benzene rings is 2. The second-order valence-corrected chi connectivity index (χ2v) is 7.98. The predicted octanol–water partition coefficient (Wildman–Crippen LogP) is 4.92. The Balaban J connectivity index is 1.56. The zero-order valence-electron chi connectivity index (χ0n) is 16.9. The number of rotatable bonds is 7. The van der Waals surface area contributed by atoms with Gasteiger partial charge in [0.1, 0.15) is 11.3 Å². The fourth-order valence-corrected chi connectivity index (χ4v) is 3.51. The van der Waals surface area contributed by atoms with E-state index in [9.17, 15) is 9.59 Å². The summed E-state index contributed by atoms with van der Waals surface area (Å²) >= 11 is 1.14. The molecule has 0 fully saturated rings. The second-order valence-electron chi connectivity index (χ2n) is 7.05. The predicted molar refractivity (Wildman–Crippen MR) is 114 cm³/mol. The number of fused-ring (bicyclic) bond motifs is 1. The largest absolute Gasteiger partial charge is 0.452 e. The maximum absolute atomic E-state index is 12.5. The average Bonchev–Trinajstić information content (AvgIpc) is 3.10. The number of ether oxygens (including phenoxy) is 1. The third kappa shape index (κ3) is 5.17. The number of para-hydroxylation sites is 3. The van der Waals surface area contributed by atoms with Gasteiger partial charge in [-0.3, -0.25) is 9.59 Å². The standard InChI is InChI=1S/C22H24N2O4S/c1-13(2)16-9-7-8-14(3)20(16)24-21(26)15(4)27-19(25)12-29-22-23-17-10-5-6-11-18(17)28-22/h5-11,13,15H,12H2,1-4H3,(H,24,26)/t15-/m1/s1. The molecule has 0 unspecified atom stereocenters. The van der Waals surface area contributed by atoms with E-state index in [0.717, 1.165) is 34.1 Å². The van der Waals surface area contributed by atoms with Crippen molar-refractivity contribution in [1.82, 2.24) is 4.98 Å². The normalized spacial score (nSPS) is 12.2. The Kier molecular flexibility index (Phi) is 6.59. The maximum atomic E-state index is 12.5. The molecular formula is C22H24N2O4S. The van der Waals surface area contributed by atoms with E-state index in [1.807, 2.05) is 49.4 Å². The quantitative estimate of drug-likeness (QED) is 0.438. The van der Waals surface area contributed by atoms with Gasteiger partial charge in [0, 0.05) is 5.69 Å². The molecule has 0 bridgehead atoms. The number of carbonyl (C=O) groups is 2. The zero-order chi connectivity index (χ0) is 21.0. The number of nitrogens with one attached hydrogen (secondary N) is 1. The lowest BCUT2D eigenvalue weighted by Gasteiger charge is -2.19. The summed E-state index contributed by atoms with van der Waals surface area (Å²) in [5, 5.41) is 3.29. The van der Waals surface area contributed by atoms with Gasteiger partial charge in [-0.05, 0) is 43.0 Å². The SMILES string of the molecule is Cc1cccc(C(C)C)c1NC(=O)[C@@H](C)OC(=O)CSc1nc2ccccc2o1. The second kappa shape index (κ2) is 9.13. The lowest BCUT2D eigenvalue weighted by Crippen LogP contribution is -2.31. The topological polar surface area (TPSA) is 81.4 Å². The number of hydrogen-bond acceptors (Lipinski definition) is 6. The van der Waals surface area contributed by atoms with Crippen molar-refractivity contribution < 1.29 is 18.7 Å². The van der Waals surface area contributed by atoms with E-state index in [2.05, 4.69) is 24.1 Å². The van der Waals surface area contributed by atoms with Gasteiger partial charge in [0.2, 0.25) is 0 Å². The highest BCUT2D eigenvalue weighted by atomic mass is 32.2. The van der Waals surface area contributed by atoms with Gasteiger partial charge >= 0.3 is 5.97 Å². The molecule has 152 valence electrons. The molecule has 0 spiro atoms. The van der Waals surface area contributed by atoms with Crippen LogP contribution >= 0.6 is 11.8 Å². The fraction of sp³-hybridized carbons (Fsp3) is 0.318. The third-order valence-electron chi connectivity index (χ3n) is 4.44. The summed E-state index contributed by atoms with van der Waals surface area (Å²) in [6, 6.07) is 13.3. The highest BCUT2D eigenvalue weighted by Crippen LogP contribution is 2.28. The summed E-state index contributed by atoms with van der Waals surface area (Å²) in [7, 11) is 0. The van der Waals surface area contributed by atoms with Crippen LogP contribution in [0.2, 0.25) is 0 Å². The minimum atomic E-state index is -0.911. The number of anilines is 1. The molecule has 0 saturated heterocycles. The van der Waals surface area contributed by atoms with E-state index < -0.39 is 12.1 Å². The molecule has 7 heteroatoms. The molecule has 3 aromatic rings. The molecule has 3 rings (SSSR count). The lowest BCUT2D eigenvalue weighted by atomic mass is 9.98. The van der Waals surface area contributed by atoms with Crippen LogP contribution in [0.15, 0.2) is 52.1 Å². The first-order chi connectivity index (χ1) is 13.8. The molecule has 1 atom stereocenters. The first-order valence-electron chi connectivity index (χ1n) is 9.43. The number of carbonyl (C=O) groups excluding carboxylic acids is 2. The minimum absolute atomic E-state index is 0.00600. The van der Waals surface area contributed by atoms with Crippen molar-refractivity contribution in [2.45, 2.75) is 44.9 Å². The van der Waals surface area contributed by atoms with Crippen molar-refractivity contribution in [1.29, 1.82) is 0 Å². The molecule has 0 saturated carbocycles. The first-order valence-corrected chi connectivity index (χ1v) is 10.4. The Bertz CT molecular complexity index is 996. The van der Waals surface area contributed by atoms with Gasteiger partial charge in [-0.25, -0.2) is 4.98 Å². The summed E-state index contributed by atoms with van der Waals surface area (Å²) in [4.78, 5) is 29.0. The Morgan fingerprint density at radius 3 is 2.62 bits per heavy atom. The van der Waals surface area contributed by atoms with Crippen molar-refractivity contribution in [3.8, 4) is 0 Å². The molecule has 0 aliphatic rings. The van der Waals surface area contributed by atoms with Crippen molar-refractivity contribution in [3.05, 3.63) is 53.6 Å². The van der Waals surface area contributed by atoms with Crippen LogP contribution in [0.3, 0.4) is 0 Å². The molecule has 2 aromatic carbocycles. The van der Waals surface area contributed by atoms with E-state index in [1.54, 1.807) is 6.92 Å². The van der Waals surface area contributed by atoms with Crippen LogP contribution in [0, 0.1) is 6.92 Å². The van der Waals surface area contributed by atoms with Crippen LogP contribution in [0.1, 0.15) is 37.8 Å². The van der Waals surface area contributed by atoms with Crippen LogP contribution in [0.4, 0.5) is 5.69 Å². The third-order valence-corrected chi connectivity index (χ3v) is 5.24. The van der Waals surface area contributed by atoms with Crippen LogP contribution in [0.5, 0.6) is 0 Å². The molecule has 6 nitrogen and oxygen atoms in total. The number of thioether (sulfide) groups is 1. The smallest absolute Gasteiger partial charge is 0.317 e. The summed E-state index contributed by atoms with van der Waals surface area (Å²) in [5.41, 5.74) is 4.18.